The summed E-state index contributed by atoms with van der Waals surface area (Å²) < 4.78 is 28.0. The summed E-state index contributed by atoms with van der Waals surface area (Å²) in [5.74, 6) is -0.984. The molecule has 2 aromatic carbocycles. The number of aromatic nitrogens is 2. The molecule has 2 N–H and O–H groups in total. The van der Waals surface area contributed by atoms with Gasteiger partial charge < -0.3 is 28.8 Å². The molecule has 0 spiro atoms. The van der Waals surface area contributed by atoms with E-state index in [2.05, 4.69) is 0 Å². The topological polar surface area (TPSA) is 120 Å². The number of halogens is 1. The van der Waals surface area contributed by atoms with E-state index >= 15 is 0 Å². The van der Waals surface area contributed by atoms with Crippen LogP contribution in [0.25, 0.3) is 27.8 Å². The second-order valence-electron chi connectivity index (χ2n) is 9.40. The summed E-state index contributed by atoms with van der Waals surface area (Å²) in [7, 11) is 1.50. The van der Waals surface area contributed by atoms with E-state index in [1.807, 2.05) is 0 Å². The van der Waals surface area contributed by atoms with Gasteiger partial charge in [-0.1, -0.05) is 13.0 Å². The minimum Gasteiger partial charge on any atom is -0.497 e. The van der Waals surface area contributed by atoms with E-state index in [1.54, 1.807) is 29.7 Å². The fourth-order valence-corrected chi connectivity index (χ4v) is 5.52. The number of cyclic esters (lactones) is 1. The molecule has 0 radical (unpaired) electrons. The Kier molecular flexibility index (Phi) is 5.30. The van der Waals surface area contributed by atoms with Gasteiger partial charge >= 0.3 is 5.97 Å². The molecule has 6 rings (SSSR count). The normalized spacial score (nSPS) is 17.7. The van der Waals surface area contributed by atoms with Gasteiger partial charge in [-0.05, 0) is 36.8 Å². The highest BCUT2D eigenvalue weighted by Crippen LogP contribution is 2.39. The number of methoxy groups -OCH3 is 1. The Hall–Kier alpha value is -4.28. The van der Waals surface area contributed by atoms with Crippen molar-refractivity contribution in [3.8, 4) is 22.7 Å². The summed E-state index contributed by atoms with van der Waals surface area (Å²) in [4.78, 5) is 40.0. The van der Waals surface area contributed by atoms with Gasteiger partial charge in [0, 0.05) is 22.6 Å². The molecule has 1 atom stereocenters. The van der Waals surface area contributed by atoms with Crippen molar-refractivity contribution in [1.82, 2.24) is 9.13 Å². The van der Waals surface area contributed by atoms with Gasteiger partial charge in [0.1, 0.15) is 18.2 Å². The molecule has 0 unspecified atom stereocenters. The van der Waals surface area contributed by atoms with Gasteiger partial charge in [0.2, 0.25) is 0 Å². The van der Waals surface area contributed by atoms with Crippen LogP contribution < -0.4 is 15.7 Å². The van der Waals surface area contributed by atoms with E-state index in [-0.39, 0.29) is 53.9 Å². The summed E-state index contributed by atoms with van der Waals surface area (Å²) in [6.07, 6.45) is -0.0363. The zero-order valence-corrected chi connectivity index (χ0v) is 20.6. The third-order valence-corrected chi connectivity index (χ3v) is 7.54. The standard InChI is InChI=1S/C28H23FN2O7/c1-3-28(36)19-10-22-24-23(11-30(22)26(34)18(19)13-38-27(28)35)31(20-7-5-15(29)8-17(20)25(24)33)21-9-16(37-2)6-4-14(21)12-32/h4-10,32,36H,3,11-13H2,1-2H3/t28-/m0/s1. The predicted octanol–water partition coefficient (Wildman–Crippen LogP) is 2.48. The number of carbonyl (C=O) groups is 1. The van der Waals surface area contributed by atoms with Crippen molar-refractivity contribution in [2.45, 2.75) is 38.7 Å². The molecular formula is C28H23FN2O7. The molecule has 0 fully saturated rings. The van der Waals surface area contributed by atoms with Crippen LogP contribution in [0.2, 0.25) is 0 Å². The van der Waals surface area contributed by atoms with Crippen molar-refractivity contribution in [1.29, 1.82) is 0 Å². The van der Waals surface area contributed by atoms with Gasteiger partial charge in [-0.2, -0.15) is 0 Å². The van der Waals surface area contributed by atoms with E-state index in [9.17, 15) is 29.0 Å². The summed E-state index contributed by atoms with van der Waals surface area (Å²) in [6, 6.07) is 10.4. The van der Waals surface area contributed by atoms with E-state index < -0.39 is 28.4 Å². The largest absolute Gasteiger partial charge is 0.497 e. The number of ether oxygens (including phenoxy) is 2. The minimum atomic E-state index is -2.04. The number of pyridine rings is 2. The number of hydrogen-bond acceptors (Lipinski definition) is 7. The van der Waals surface area contributed by atoms with Crippen LogP contribution in [0.4, 0.5) is 4.39 Å². The van der Waals surface area contributed by atoms with Crippen LogP contribution in [-0.2, 0) is 34.9 Å². The molecule has 9 nitrogen and oxygen atoms in total. The number of aliphatic hydroxyl groups excluding tert-OH is 1. The monoisotopic (exact) mass is 518 g/mol. The van der Waals surface area contributed by atoms with Crippen molar-refractivity contribution >= 4 is 16.9 Å². The highest BCUT2D eigenvalue weighted by atomic mass is 19.1. The lowest BCUT2D eigenvalue weighted by atomic mass is 9.85. The molecule has 0 amide bonds. The Morgan fingerprint density at radius 2 is 1.92 bits per heavy atom. The molecule has 38 heavy (non-hydrogen) atoms. The number of carbonyl (C=O) groups excluding carboxylic acids is 1. The van der Waals surface area contributed by atoms with Gasteiger partial charge in [0.05, 0.1) is 54.0 Å². The van der Waals surface area contributed by atoms with Crippen LogP contribution in [0.3, 0.4) is 0 Å². The van der Waals surface area contributed by atoms with Crippen molar-refractivity contribution < 1.29 is 28.9 Å². The van der Waals surface area contributed by atoms with Crippen molar-refractivity contribution in [3.63, 3.8) is 0 Å². The number of esters is 1. The molecule has 0 bridgehead atoms. The van der Waals surface area contributed by atoms with E-state index in [0.29, 0.717) is 28.2 Å². The van der Waals surface area contributed by atoms with Gasteiger partial charge in [0.25, 0.3) is 5.56 Å². The zero-order chi connectivity index (χ0) is 26.9. The minimum absolute atomic E-state index is 0.0140. The second-order valence-corrected chi connectivity index (χ2v) is 9.40. The number of fused-ring (bicyclic) bond motifs is 5. The quantitative estimate of drug-likeness (QED) is 0.351. The molecule has 2 aliphatic rings. The highest BCUT2D eigenvalue weighted by molar-refractivity contribution is 5.89. The lowest BCUT2D eigenvalue weighted by Crippen LogP contribution is -2.44. The first kappa shape index (κ1) is 24.1. The second kappa shape index (κ2) is 8.37. The fraction of sp³-hybridized carbons (Fsp3) is 0.250. The first-order valence-corrected chi connectivity index (χ1v) is 12.1. The molecule has 4 heterocycles. The highest BCUT2D eigenvalue weighted by Gasteiger charge is 2.45. The van der Waals surface area contributed by atoms with Gasteiger partial charge in [-0.15, -0.1) is 0 Å². The summed E-state index contributed by atoms with van der Waals surface area (Å²) in [5.41, 5.74) is -0.611. The summed E-state index contributed by atoms with van der Waals surface area (Å²) >= 11 is 0. The average Bonchev–Trinajstić information content (AvgIpc) is 3.31. The fourth-order valence-electron chi connectivity index (χ4n) is 5.52. The molecule has 4 aromatic rings. The first-order chi connectivity index (χ1) is 18.2. The molecule has 0 saturated heterocycles. The van der Waals surface area contributed by atoms with Crippen molar-refractivity contribution in [2.75, 3.05) is 7.11 Å². The van der Waals surface area contributed by atoms with Crippen LogP contribution >= 0.6 is 0 Å². The molecule has 2 aliphatic heterocycles. The SMILES string of the molecule is CC[C@@]1(O)C(=O)OCc2c1cc1n(c2=O)Cc2c-1c(=O)c1cc(F)ccc1n2-c1cc(OC)ccc1CO. The van der Waals surface area contributed by atoms with Crippen LogP contribution in [0.15, 0.2) is 52.1 Å². The number of hydrogen-bond donors (Lipinski definition) is 2. The van der Waals surface area contributed by atoms with Crippen molar-refractivity contribution in [2.24, 2.45) is 0 Å². The Balaban J connectivity index is 1.76. The molecular weight excluding hydrogens is 495 g/mol. The zero-order valence-electron chi connectivity index (χ0n) is 20.6. The lowest BCUT2D eigenvalue weighted by Gasteiger charge is -2.31. The molecule has 2 aromatic heterocycles. The number of aliphatic hydroxyl groups is 2. The number of nitrogens with zero attached hydrogens (tertiary/aromatic N) is 2. The van der Waals surface area contributed by atoms with Crippen LogP contribution in [-0.4, -0.2) is 32.4 Å². The Morgan fingerprint density at radius 1 is 1.13 bits per heavy atom. The molecule has 0 saturated carbocycles. The summed E-state index contributed by atoms with van der Waals surface area (Å²) in [6.45, 7) is 0.957. The van der Waals surface area contributed by atoms with Gasteiger partial charge in [-0.3, -0.25) is 9.59 Å². The third kappa shape index (κ3) is 3.13. The van der Waals surface area contributed by atoms with Crippen molar-refractivity contribution in [3.05, 3.63) is 91.2 Å². The maximum Gasteiger partial charge on any atom is 0.343 e. The van der Waals surface area contributed by atoms with Gasteiger partial charge in [0.15, 0.2) is 11.0 Å². The molecule has 10 heteroatoms. The molecule has 0 aliphatic carbocycles. The van der Waals surface area contributed by atoms with E-state index in [1.165, 1.54) is 29.9 Å². The Labute approximate surface area is 214 Å². The number of rotatable bonds is 4. The van der Waals surface area contributed by atoms with E-state index in [4.69, 9.17) is 9.47 Å². The van der Waals surface area contributed by atoms with Gasteiger partial charge in [-0.25, -0.2) is 9.18 Å². The maximum atomic E-state index is 14.4. The van der Waals surface area contributed by atoms with Crippen LogP contribution in [0, 0.1) is 5.82 Å². The number of benzene rings is 2. The Morgan fingerprint density at radius 3 is 2.63 bits per heavy atom. The summed E-state index contributed by atoms with van der Waals surface area (Å²) in [5, 5.41) is 21.3. The lowest BCUT2D eigenvalue weighted by molar-refractivity contribution is -0.172. The third-order valence-electron chi connectivity index (χ3n) is 7.54. The maximum absolute atomic E-state index is 14.4. The molecule has 194 valence electrons. The van der Waals surface area contributed by atoms with Crippen LogP contribution in [0.5, 0.6) is 5.75 Å². The first-order valence-electron chi connectivity index (χ1n) is 12.1. The van der Waals surface area contributed by atoms with Crippen LogP contribution in [0.1, 0.15) is 35.7 Å². The Bertz CT molecular complexity index is 1810. The van der Waals surface area contributed by atoms with E-state index in [0.717, 1.165) is 6.07 Å². The smallest absolute Gasteiger partial charge is 0.343 e. The average molecular weight is 518 g/mol. The predicted molar refractivity (Wildman–Crippen MR) is 135 cm³/mol.